The van der Waals surface area contributed by atoms with E-state index in [9.17, 15) is 9.59 Å². The monoisotopic (exact) mass is 336 g/mol. The van der Waals surface area contributed by atoms with E-state index in [1.165, 1.54) is 24.2 Å². The lowest BCUT2D eigenvalue weighted by atomic mass is 10.2. The highest BCUT2D eigenvalue weighted by molar-refractivity contribution is 7.13. The zero-order valence-electron chi connectivity index (χ0n) is 13.9. The molecule has 0 N–H and O–H groups in total. The Morgan fingerprint density at radius 1 is 1.04 bits per heavy atom. The van der Waals surface area contributed by atoms with Crippen molar-refractivity contribution >= 4 is 23.2 Å². The van der Waals surface area contributed by atoms with Gasteiger partial charge in [-0.05, 0) is 32.9 Å². The average Bonchev–Trinajstić information content (AvgIpc) is 3.17. The predicted molar refractivity (Wildman–Crippen MR) is 89.5 cm³/mol. The molecule has 3 heterocycles. The lowest BCUT2D eigenvalue weighted by molar-refractivity contribution is -0.130. The molecule has 23 heavy (non-hydrogen) atoms. The molecule has 1 aromatic rings. The molecule has 0 unspecified atom stereocenters. The third kappa shape index (κ3) is 3.72. The molecule has 0 aliphatic carbocycles. The fourth-order valence-electron chi connectivity index (χ4n) is 3.22. The summed E-state index contributed by atoms with van der Waals surface area (Å²) in [6, 6.07) is 0. The highest BCUT2D eigenvalue weighted by Gasteiger charge is 2.26. The molecule has 1 aromatic heterocycles. The van der Waals surface area contributed by atoms with Gasteiger partial charge in [0.25, 0.3) is 5.91 Å². The minimum Gasteiger partial charge on any atom is -0.339 e. The summed E-state index contributed by atoms with van der Waals surface area (Å²) in [5.74, 6) is 0.148. The predicted octanol–water partition coefficient (Wildman–Crippen LogP) is 1.35. The first-order valence-electron chi connectivity index (χ1n) is 8.28. The molecule has 3 rings (SSSR count). The normalized spacial score (nSPS) is 19.4. The number of rotatable bonds is 3. The van der Waals surface area contributed by atoms with Gasteiger partial charge in [0.05, 0.1) is 12.2 Å². The minimum atomic E-state index is 0.0656. The van der Waals surface area contributed by atoms with E-state index < -0.39 is 0 Å². The largest absolute Gasteiger partial charge is 0.339 e. The van der Waals surface area contributed by atoms with Gasteiger partial charge in [-0.2, -0.15) is 0 Å². The minimum absolute atomic E-state index is 0.0656. The number of likely N-dealkylation sites (tertiary alicyclic amines) is 1. The highest BCUT2D eigenvalue weighted by atomic mass is 32.1. The van der Waals surface area contributed by atoms with E-state index in [-0.39, 0.29) is 11.8 Å². The van der Waals surface area contributed by atoms with Gasteiger partial charge in [-0.25, -0.2) is 4.98 Å². The Morgan fingerprint density at radius 2 is 1.65 bits per heavy atom. The van der Waals surface area contributed by atoms with Crippen LogP contribution >= 0.6 is 11.3 Å². The molecule has 2 amide bonds. The van der Waals surface area contributed by atoms with Gasteiger partial charge < -0.3 is 9.80 Å². The number of aryl methyl sites for hydroxylation is 1. The molecule has 6 nitrogen and oxygen atoms in total. The zero-order valence-corrected chi connectivity index (χ0v) is 14.7. The second-order valence-corrected chi connectivity index (χ2v) is 7.39. The van der Waals surface area contributed by atoms with Crippen LogP contribution in [0.15, 0.2) is 0 Å². The van der Waals surface area contributed by atoms with E-state index in [0.29, 0.717) is 26.2 Å². The van der Waals surface area contributed by atoms with Gasteiger partial charge in [0, 0.05) is 33.1 Å². The number of piperazine rings is 1. The topological polar surface area (TPSA) is 56.8 Å². The summed E-state index contributed by atoms with van der Waals surface area (Å²) in [4.78, 5) is 35.5. The third-order valence-electron chi connectivity index (χ3n) is 4.60. The van der Waals surface area contributed by atoms with Crippen LogP contribution in [0.1, 0.15) is 40.1 Å². The van der Waals surface area contributed by atoms with Gasteiger partial charge in [0.2, 0.25) is 5.91 Å². The number of aromatic nitrogens is 1. The zero-order chi connectivity index (χ0) is 16.4. The van der Waals surface area contributed by atoms with Crippen molar-refractivity contribution < 1.29 is 9.59 Å². The number of amides is 2. The summed E-state index contributed by atoms with van der Waals surface area (Å²) in [5.41, 5.74) is 0.836. The van der Waals surface area contributed by atoms with E-state index in [1.54, 1.807) is 11.8 Å². The van der Waals surface area contributed by atoms with Crippen molar-refractivity contribution in [3.63, 3.8) is 0 Å². The summed E-state index contributed by atoms with van der Waals surface area (Å²) in [7, 11) is 0. The maximum atomic E-state index is 12.7. The van der Waals surface area contributed by atoms with Crippen molar-refractivity contribution in [3.8, 4) is 0 Å². The maximum absolute atomic E-state index is 12.7. The van der Waals surface area contributed by atoms with Gasteiger partial charge in [-0.15, -0.1) is 11.3 Å². The van der Waals surface area contributed by atoms with Crippen molar-refractivity contribution in [2.45, 2.75) is 33.2 Å². The lowest BCUT2D eigenvalue weighted by Gasteiger charge is -2.34. The number of carbonyl (C=O) groups excluding carboxylic acids is 2. The Labute approximate surface area is 141 Å². The molecule has 126 valence electrons. The SMILES string of the molecule is CC(=O)N1CCN(C(=O)c2sc(CN3CCCC3)nc2C)CC1. The number of thiazole rings is 1. The molecule has 0 bridgehead atoms. The molecule has 0 aromatic carbocycles. The Bertz CT molecular complexity index is 587. The fraction of sp³-hybridized carbons (Fsp3) is 0.688. The quantitative estimate of drug-likeness (QED) is 0.836. The lowest BCUT2D eigenvalue weighted by Crippen LogP contribution is -2.50. The summed E-state index contributed by atoms with van der Waals surface area (Å²) in [6.07, 6.45) is 2.52. The Kier molecular flexibility index (Phi) is 4.96. The van der Waals surface area contributed by atoms with Crippen LogP contribution in [-0.2, 0) is 11.3 Å². The van der Waals surface area contributed by atoms with Crippen molar-refractivity contribution in [2.24, 2.45) is 0 Å². The molecule has 2 saturated heterocycles. The van der Waals surface area contributed by atoms with Crippen LogP contribution in [0.3, 0.4) is 0 Å². The van der Waals surface area contributed by atoms with E-state index in [1.807, 2.05) is 11.8 Å². The fourth-order valence-corrected chi connectivity index (χ4v) is 4.29. The van der Waals surface area contributed by atoms with Crippen molar-refractivity contribution in [1.29, 1.82) is 0 Å². The van der Waals surface area contributed by atoms with E-state index in [2.05, 4.69) is 9.88 Å². The Morgan fingerprint density at radius 3 is 2.26 bits per heavy atom. The molecular formula is C16H24N4O2S. The smallest absolute Gasteiger partial charge is 0.265 e. The van der Waals surface area contributed by atoms with Crippen LogP contribution in [0.2, 0.25) is 0 Å². The Hall–Kier alpha value is -1.47. The first-order chi connectivity index (χ1) is 11.0. The van der Waals surface area contributed by atoms with Gasteiger partial charge in [-0.1, -0.05) is 0 Å². The van der Waals surface area contributed by atoms with Crippen molar-refractivity contribution in [3.05, 3.63) is 15.6 Å². The average molecular weight is 336 g/mol. The summed E-state index contributed by atoms with van der Waals surface area (Å²) >= 11 is 1.53. The van der Waals surface area contributed by atoms with Gasteiger partial charge in [0.1, 0.15) is 9.88 Å². The van der Waals surface area contributed by atoms with Crippen molar-refractivity contribution in [2.75, 3.05) is 39.3 Å². The molecule has 2 aliphatic heterocycles. The number of carbonyl (C=O) groups is 2. The first-order valence-corrected chi connectivity index (χ1v) is 9.09. The summed E-state index contributed by atoms with van der Waals surface area (Å²) < 4.78 is 0. The number of hydrogen-bond donors (Lipinski definition) is 0. The maximum Gasteiger partial charge on any atom is 0.265 e. The van der Waals surface area contributed by atoms with Crippen LogP contribution < -0.4 is 0 Å². The molecule has 2 aliphatic rings. The van der Waals surface area contributed by atoms with E-state index >= 15 is 0 Å². The standard InChI is InChI=1S/C16H24N4O2S/c1-12-15(23-14(17-12)11-18-5-3-4-6-18)16(22)20-9-7-19(8-10-20)13(2)21/h3-11H2,1-2H3. The molecular weight excluding hydrogens is 312 g/mol. The van der Waals surface area contributed by atoms with E-state index in [0.717, 1.165) is 35.2 Å². The third-order valence-corrected chi connectivity index (χ3v) is 5.74. The molecule has 0 atom stereocenters. The summed E-state index contributed by atoms with van der Waals surface area (Å²) in [6.45, 7) is 9.09. The van der Waals surface area contributed by atoms with Crippen LogP contribution in [0.25, 0.3) is 0 Å². The van der Waals surface area contributed by atoms with Crippen LogP contribution in [0, 0.1) is 6.92 Å². The second-order valence-electron chi connectivity index (χ2n) is 6.30. The van der Waals surface area contributed by atoms with Gasteiger partial charge >= 0.3 is 0 Å². The molecule has 0 spiro atoms. The Balaban J connectivity index is 1.63. The highest BCUT2D eigenvalue weighted by Crippen LogP contribution is 2.23. The van der Waals surface area contributed by atoms with Gasteiger partial charge in [-0.3, -0.25) is 14.5 Å². The second kappa shape index (κ2) is 6.97. The van der Waals surface area contributed by atoms with Crippen molar-refractivity contribution in [1.82, 2.24) is 19.7 Å². The number of nitrogens with zero attached hydrogens (tertiary/aromatic N) is 4. The van der Waals surface area contributed by atoms with Crippen LogP contribution in [0.5, 0.6) is 0 Å². The molecule has 0 radical (unpaired) electrons. The van der Waals surface area contributed by atoms with E-state index in [4.69, 9.17) is 0 Å². The molecule has 0 saturated carbocycles. The molecule has 2 fully saturated rings. The number of hydrogen-bond acceptors (Lipinski definition) is 5. The van der Waals surface area contributed by atoms with Crippen LogP contribution in [0.4, 0.5) is 0 Å². The van der Waals surface area contributed by atoms with Gasteiger partial charge in [0.15, 0.2) is 0 Å². The summed E-state index contributed by atoms with van der Waals surface area (Å²) in [5, 5.41) is 1.04. The first kappa shape index (κ1) is 16.4. The molecule has 7 heteroatoms. The van der Waals surface area contributed by atoms with Crippen LogP contribution in [-0.4, -0.2) is 70.8 Å².